The van der Waals surface area contributed by atoms with Gasteiger partial charge in [-0.2, -0.15) is 0 Å². The van der Waals surface area contributed by atoms with Crippen molar-refractivity contribution in [2.24, 2.45) is 0 Å². The summed E-state index contributed by atoms with van der Waals surface area (Å²) < 4.78 is 0. The Morgan fingerprint density at radius 3 is 2.23 bits per heavy atom. The van der Waals surface area contributed by atoms with Crippen LogP contribution in [0.15, 0.2) is 0 Å². The maximum absolute atomic E-state index is 10.5. The van der Waals surface area contributed by atoms with Crippen molar-refractivity contribution in [3.05, 3.63) is 0 Å². The summed E-state index contributed by atoms with van der Waals surface area (Å²) in [5, 5.41) is 8.14. The molecule has 0 aliphatic rings. The molecule has 0 saturated carbocycles. The maximum Gasteiger partial charge on any atom is 0.243 e. The first-order chi connectivity index (χ1) is 5.31. The molecule has 4 nitrogen and oxygen atoms in total. The zero-order chi connectivity index (χ0) is 8.53. The number of nitrogens with one attached hydrogen (secondary N) is 1. The van der Waals surface area contributed by atoms with Gasteiger partial charge in [0, 0.05) is 36.0 Å². The largest absolute Gasteiger partial charge is 0.412 e. The monoisotopic (exact) mass is 200 g/mol. The summed E-state index contributed by atoms with van der Waals surface area (Å²) >= 11 is 0. The number of hydrogen-bond donors (Lipinski definition) is 2. The SMILES string of the molecule is CCCCCCCC(=O)NO.O.[Na]. The van der Waals surface area contributed by atoms with Gasteiger partial charge in [-0.1, -0.05) is 32.6 Å². The third kappa shape index (κ3) is 15.2. The smallest absolute Gasteiger partial charge is 0.243 e. The van der Waals surface area contributed by atoms with Gasteiger partial charge in [-0.05, 0) is 6.42 Å². The minimum absolute atomic E-state index is 0. The van der Waals surface area contributed by atoms with Gasteiger partial charge < -0.3 is 5.48 Å². The van der Waals surface area contributed by atoms with Crippen LogP contribution in [0.2, 0.25) is 0 Å². The summed E-state index contributed by atoms with van der Waals surface area (Å²) in [6, 6.07) is 0. The Kier molecular flexibility index (Phi) is 21.8. The molecule has 0 aromatic carbocycles. The zero-order valence-corrected chi connectivity index (χ0v) is 10.6. The van der Waals surface area contributed by atoms with Gasteiger partial charge in [0.15, 0.2) is 0 Å². The van der Waals surface area contributed by atoms with E-state index in [4.69, 9.17) is 5.21 Å². The number of carbonyl (C=O) groups is 1. The van der Waals surface area contributed by atoms with Crippen molar-refractivity contribution in [1.29, 1.82) is 0 Å². The normalized spacial score (nSPS) is 8.15. The van der Waals surface area contributed by atoms with E-state index in [-0.39, 0.29) is 40.9 Å². The quantitative estimate of drug-likeness (QED) is 0.285. The third-order valence-electron chi connectivity index (χ3n) is 1.63. The third-order valence-corrected chi connectivity index (χ3v) is 1.63. The van der Waals surface area contributed by atoms with E-state index in [1.807, 2.05) is 0 Å². The number of rotatable bonds is 6. The van der Waals surface area contributed by atoms with Gasteiger partial charge in [0.25, 0.3) is 0 Å². The summed E-state index contributed by atoms with van der Waals surface area (Å²) in [5.41, 5.74) is 1.62. The second-order valence-electron chi connectivity index (χ2n) is 2.70. The molecule has 0 atom stereocenters. The summed E-state index contributed by atoms with van der Waals surface area (Å²) in [6.07, 6.45) is 6.05. The van der Waals surface area contributed by atoms with Crippen LogP contribution in [0.1, 0.15) is 45.4 Å². The number of amides is 1. The van der Waals surface area contributed by atoms with Crippen LogP contribution in [0.25, 0.3) is 0 Å². The Morgan fingerprint density at radius 1 is 1.23 bits per heavy atom. The molecule has 0 fully saturated rings. The fourth-order valence-corrected chi connectivity index (χ4v) is 0.945. The van der Waals surface area contributed by atoms with E-state index in [0.717, 1.165) is 12.8 Å². The molecule has 0 aromatic heterocycles. The zero-order valence-electron chi connectivity index (χ0n) is 8.60. The van der Waals surface area contributed by atoms with Crippen LogP contribution in [0, 0.1) is 0 Å². The van der Waals surface area contributed by atoms with Gasteiger partial charge >= 0.3 is 0 Å². The number of unbranched alkanes of at least 4 members (excludes halogenated alkanes) is 4. The molecule has 0 spiro atoms. The fraction of sp³-hybridized carbons (Fsp3) is 0.875. The molecule has 0 unspecified atom stereocenters. The Balaban J connectivity index is -0.000000500. The van der Waals surface area contributed by atoms with Crippen LogP contribution < -0.4 is 5.48 Å². The molecule has 75 valence electrons. The Hall–Kier alpha value is 0.390. The van der Waals surface area contributed by atoms with Gasteiger partial charge in [-0.15, -0.1) is 0 Å². The van der Waals surface area contributed by atoms with Gasteiger partial charge in [0.1, 0.15) is 0 Å². The van der Waals surface area contributed by atoms with Crippen molar-refractivity contribution in [3.63, 3.8) is 0 Å². The molecule has 1 radical (unpaired) electrons. The molecule has 5 heteroatoms. The molecular weight excluding hydrogens is 181 g/mol. The van der Waals surface area contributed by atoms with Crippen molar-refractivity contribution in [2.45, 2.75) is 45.4 Å². The standard InChI is InChI=1S/C8H17NO2.Na.H2O/c1-2-3-4-5-6-7-8(10)9-11;;/h11H,2-7H2,1H3,(H,9,10);;1H2. The second kappa shape index (κ2) is 14.9. The van der Waals surface area contributed by atoms with Gasteiger partial charge in [0.2, 0.25) is 5.91 Å². The van der Waals surface area contributed by atoms with Gasteiger partial charge in [0.05, 0.1) is 0 Å². The van der Waals surface area contributed by atoms with Crippen LogP contribution in [-0.4, -0.2) is 46.1 Å². The first kappa shape index (κ1) is 19.0. The van der Waals surface area contributed by atoms with Crippen LogP contribution in [0.4, 0.5) is 0 Å². The molecule has 0 aromatic rings. The van der Waals surface area contributed by atoms with Crippen LogP contribution in [0.5, 0.6) is 0 Å². The average Bonchev–Trinajstić information content (AvgIpc) is 2.04. The minimum atomic E-state index is -0.276. The number of hydroxylamine groups is 1. The molecule has 0 saturated heterocycles. The average molecular weight is 200 g/mol. The predicted molar refractivity (Wildman–Crippen MR) is 52.7 cm³/mol. The molecule has 0 bridgehead atoms. The van der Waals surface area contributed by atoms with Gasteiger partial charge in [-0.25, -0.2) is 5.48 Å². The van der Waals surface area contributed by atoms with Crippen molar-refractivity contribution in [1.82, 2.24) is 5.48 Å². The van der Waals surface area contributed by atoms with Gasteiger partial charge in [-0.3, -0.25) is 10.0 Å². The Labute approximate surface area is 102 Å². The van der Waals surface area contributed by atoms with E-state index in [0.29, 0.717) is 6.42 Å². The Morgan fingerprint density at radius 2 is 1.77 bits per heavy atom. The van der Waals surface area contributed by atoms with Crippen molar-refractivity contribution in [3.8, 4) is 0 Å². The first-order valence-corrected chi connectivity index (χ1v) is 4.24. The molecule has 0 aliphatic carbocycles. The van der Waals surface area contributed by atoms with E-state index in [1.54, 1.807) is 5.48 Å². The number of hydrogen-bond acceptors (Lipinski definition) is 2. The van der Waals surface area contributed by atoms with Crippen LogP contribution >= 0.6 is 0 Å². The van der Waals surface area contributed by atoms with Crippen molar-refractivity contribution >= 4 is 35.5 Å². The second-order valence-corrected chi connectivity index (χ2v) is 2.70. The van der Waals surface area contributed by atoms with E-state index >= 15 is 0 Å². The van der Waals surface area contributed by atoms with E-state index in [2.05, 4.69) is 6.92 Å². The summed E-state index contributed by atoms with van der Waals surface area (Å²) in [7, 11) is 0. The molecule has 1 amide bonds. The minimum Gasteiger partial charge on any atom is -0.412 e. The molecule has 0 heterocycles. The fourth-order valence-electron chi connectivity index (χ4n) is 0.945. The van der Waals surface area contributed by atoms with E-state index in [9.17, 15) is 4.79 Å². The summed E-state index contributed by atoms with van der Waals surface area (Å²) in [6.45, 7) is 2.15. The van der Waals surface area contributed by atoms with Crippen LogP contribution in [-0.2, 0) is 4.79 Å². The number of carbonyl (C=O) groups excluding carboxylic acids is 1. The molecular formula is C8H19NNaO3. The van der Waals surface area contributed by atoms with Crippen LogP contribution in [0.3, 0.4) is 0 Å². The Bertz CT molecular complexity index is 112. The summed E-state index contributed by atoms with van der Waals surface area (Å²) in [4.78, 5) is 10.5. The van der Waals surface area contributed by atoms with E-state index in [1.165, 1.54) is 19.3 Å². The predicted octanol–water partition coefficient (Wildman–Crippen LogP) is 0.647. The molecule has 0 rings (SSSR count). The molecule has 4 N–H and O–H groups in total. The van der Waals surface area contributed by atoms with Crippen molar-refractivity contribution in [2.75, 3.05) is 0 Å². The summed E-state index contributed by atoms with van der Waals surface area (Å²) in [5.74, 6) is -0.276. The van der Waals surface area contributed by atoms with E-state index < -0.39 is 0 Å². The molecule has 13 heavy (non-hydrogen) atoms. The maximum atomic E-state index is 10.5. The first-order valence-electron chi connectivity index (χ1n) is 4.24. The van der Waals surface area contributed by atoms with Crippen molar-refractivity contribution < 1.29 is 15.5 Å². The molecule has 0 aliphatic heterocycles. The topological polar surface area (TPSA) is 80.8 Å².